The highest BCUT2D eigenvalue weighted by molar-refractivity contribution is 5.77. The highest BCUT2D eigenvalue weighted by Crippen LogP contribution is 2.45. The van der Waals surface area contributed by atoms with Gasteiger partial charge >= 0.3 is 5.69 Å². The van der Waals surface area contributed by atoms with Gasteiger partial charge in [-0.15, -0.1) is 0 Å². The summed E-state index contributed by atoms with van der Waals surface area (Å²) >= 11 is 0. The molecular weight excluding hydrogens is 384 g/mol. The molecule has 4 rings (SSSR count). The van der Waals surface area contributed by atoms with Gasteiger partial charge in [0.2, 0.25) is 0 Å². The molecule has 4 N–H and O–H groups in total. The van der Waals surface area contributed by atoms with E-state index in [4.69, 9.17) is 29.9 Å². The molecule has 0 amide bonds. The monoisotopic (exact) mass is 406 g/mol. The maximum Gasteiger partial charge on any atom is 0.351 e. The molecule has 11 nitrogen and oxygen atoms in total. The molecule has 0 unspecified atom stereocenters. The zero-order valence-electron chi connectivity index (χ0n) is 15.7. The Morgan fingerprint density at radius 1 is 1.41 bits per heavy atom. The summed E-state index contributed by atoms with van der Waals surface area (Å²) in [5, 5.41) is 11.8. The van der Waals surface area contributed by atoms with Crippen LogP contribution in [0, 0.1) is 0 Å². The molecule has 1 aromatic heterocycles. The van der Waals surface area contributed by atoms with Crippen molar-refractivity contribution in [1.82, 2.24) is 9.55 Å². The summed E-state index contributed by atoms with van der Waals surface area (Å²) in [6.45, 7) is 0.647. The number of anilines is 2. The van der Waals surface area contributed by atoms with Crippen molar-refractivity contribution in [3.63, 3.8) is 0 Å². The van der Waals surface area contributed by atoms with Gasteiger partial charge in [0, 0.05) is 20.1 Å². The quantitative estimate of drug-likeness (QED) is 0.388. The first-order chi connectivity index (χ1) is 14.1. The van der Waals surface area contributed by atoms with Crippen molar-refractivity contribution in [2.75, 3.05) is 32.2 Å². The first-order valence-electron chi connectivity index (χ1n) is 9.13. The third-order valence-electron chi connectivity index (χ3n) is 4.78. The molecule has 0 bridgehead atoms. The lowest BCUT2D eigenvalue weighted by Gasteiger charge is -2.24. The molecule has 2 aliphatic heterocycles. The second-order valence-electron chi connectivity index (χ2n) is 6.57. The minimum atomic E-state index is -0.630. The Bertz CT molecular complexity index is 935. The largest absolute Gasteiger partial charge is 0.490 e. The van der Waals surface area contributed by atoms with Gasteiger partial charge in [0.1, 0.15) is 37.0 Å². The van der Waals surface area contributed by atoms with Gasteiger partial charge in [0.05, 0.1) is 12.3 Å². The van der Waals surface area contributed by atoms with Crippen molar-refractivity contribution in [3.05, 3.63) is 34.9 Å². The molecule has 1 fully saturated rings. The summed E-state index contributed by atoms with van der Waals surface area (Å²) < 4.78 is 24.0. The van der Waals surface area contributed by atoms with Crippen LogP contribution in [0.25, 0.3) is 0 Å². The van der Waals surface area contributed by atoms with Crippen LogP contribution >= 0.6 is 0 Å². The molecule has 0 spiro atoms. The standard InChI is InChI=1S/C18H22N4O7/c1-25-12-7-15(29-14(12)9-27-24)22-8-13-17(21-18(22)23)20-16-10(26-6-5-19)3-2-4-11(16)28-13/h2-4,8,12,14-15,24H,5-7,9,19H2,1H3,(H,20,21,23)/t12-,14-,15-/m1/s1. The SMILES string of the molecule is CO[C@@H]1C[C@H](n2cc3c(nc2=O)Nc2c(OCCN)cccc2O3)O[C@@H]1COO. The van der Waals surface area contributed by atoms with E-state index in [1.807, 2.05) is 0 Å². The lowest BCUT2D eigenvalue weighted by molar-refractivity contribution is -0.265. The second-order valence-corrected chi connectivity index (χ2v) is 6.57. The number of rotatable bonds is 7. The molecule has 1 saturated heterocycles. The Labute approximate surface area is 165 Å². The van der Waals surface area contributed by atoms with Crippen LogP contribution in [0.4, 0.5) is 11.5 Å². The Kier molecular flexibility index (Phi) is 5.65. The van der Waals surface area contributed by atoms with E-state index in [9.17, 15) is 4.79 Å². The number of methoxy groups -OCH3 is 1. The van der Waals surface area contributed by atoms with Gasteiger partial charge in [-0.05, 0) is 12.1 Å². The summed E-state index contributed by atoms with van der Waals surface area (Å²) in [7, 11) is 1.53. The number of nitrogens with two attached hydrogens (primary N) is 1. The molecule has 29 heavy (non-hydrogen) atoms. The first kappa shape index (κ1) is 19.6. The Hall–Kier alpha value is -2.70. The van der Waals surface area contributed by atoms with Crippen molar-refractivity contribution in [2.45, 2.75) is 24.9 Å². The molecule has 0 saturated carbocycles. The first-order valence-corrected chi connectivity index (χ1v) is 9.13. The van der Waals surface area contributed by atoms with Gasteiger partial charge in [-0.3, -0.25) is 9.82 Å². The van der Waals surface area contributed by atoms with Crippen molar-refractivity contribution >= 4 is 11.5 Å². The third kappa shape index (κ3) is 3.78. The zero-order chi connectivity index (χ0) is 20.4. The molecule has 2 aromatic rings. The third-order valence-corrected chi connectivity index (χ3v) is 4.78. The van der Waals surface area contributed by atoms with Gasteiger partial charge in [-0.1, -0.05) is 6.07 Å². The normalized spacial score (nSPS) is 22.4. The predicted molar refractivity (Wildman–Crippen MR) is 101 cm³/mol. The Morgan fingerprint density at radius 3 is 3.03 bits per heavy atom. The number of aromatic nitrogens is 2. The van der Waals surface area contributed by atoms with Crippen molar-refractivity contribution < 1.29 is 29.1 Å². The van der Waals surface area contributed by atoms with Crippen LogP contribution in [0.2, 0.25) is 0 Å². The minimum absolute atomic E-state index is 0.0703. The van der Waals surface area contributed by atoms with Crippen LogP contribution in [0.1, 0.15) is 12.6 Å². The molecule has 3 heterocycles. The molecule has 1 aromatic carbocycles. The van der Waals surface area contributed by atoms with E-state index in [2.05, 4.69) is 15.2 Å². The van der Waals surface area contributed by atoms with Crippen LogP contribution in [0.5, 0.6) is 17.2 Å². The van der Waals surface area contributed by atoms with Crippen molar-refractivity contribution in [3.8, 4) is 17.2 Å². The van der Waals surface area contributed by atoms with E-state index in [-0.39, 0.29) is 18.5 Å². The van der Waals surface area contributed by atoms with Crippen LogP contribution in [0.3, 0.4) is 0 Å². The number of para-hydroxylation sites is 1. The van der Waals surface area contributed by atoms with E-state index in [0.29, 0.717) is 42.5 Å². The Balaban J connectivity index is 1.61. The number of hydrogen-bond acceptors (Lipinski definition) is 10. The highest BCUT2D eigenvalue weighted by atomic mass is 17.1. The fourth-order valence-corrected chi connectivity index (χ4v) is 3.41. The van der Waals surface area contributed by atoms with Crippen LogP contribution in [-0.2, 0) is 14.4 Å². The van der Waals surface area contributed by atoms with Gasteiger partial charge in [0.15, 0.2) is 17.3 Å². The van der Waals surface area contributed by atoms with E-state index in [1.165, 1.54) is 17.9 Å². The lowest BCUT2D eigenvalue weighted by Crippen LogP contribution is -2.29. The van der Waals surface area contributed by atoms with E-state index in [0.717, 1.165) is 0 Å². The van der Waals surface area contributed by atoms with Gasteiger partial charge in [-0.25, -0.2) is 9.68 Å². The molecule has 0 radical (unpaired) electrons. The molecule has 2 aliphatic rings. The summed E-state index contributed by atoms with van der Waals surface area (Å²) in [6, 6.07) is 5.35. The average Bonchev–Trinajstić information content (AvgIpc) is 3.13. The van der Waals surface area contributed by atoms with E-state index >= 15 is 0 Å². The van der Waals surface area contributed by atoms with Crippen LogP contribution in [0.15, 0.2) is 29.2 Å². The number of hydrogen-bond donors (Lipinski definition) is 3. The number of fused-ring (bicyclic) bond motifs is 2. The molecule has 0 aliphatic carbocycles. The van der Waals surface area contributed by atoms with Crippen LogP contribution < -0.4 is 26.2 Å². The zero-order valence-corrected chi connectivity index (χ0v) is 15.7. The van der Waals surface area contributed by atoms with Gasteiger partial charge in [0.25, 0.3) is 0 Å². The number of benzene rings is 1. The molecule has 156 valence electrons. The maximum absolute atomic E-state index is 12.6. The fraction of sp³-hybridized carbons (Fsp3) is 0.444. The molecular formula is C18H22N4O7. The van der Waals surface area contributed by atoms with Gasteiger partial charge < -0.3 is 30.0 Å². The predicted octanol–water partition coefficient (Wildman–Crippen LogP) is 1.22. The van der Waals surface area contributed by atoms with Crippen molar-refractivity contribution in [1.29, 1.82) is 0 Å². The topological polar surface area (TPSA) is 139 Å². The van der Waals surface area contributed by atoms with Crippen LogP contribution in [-0.4, -0.2) is 53.9 Å². The van der Waals surface area contributed by atoms with Gasteiger partial charge in [-0.2, -0.15) is 4.98 Å². The highest BCUT2D eigenvalue weighted by Gasteiger charge is 2.38. The fourth-order valence-electron chi connectivity index (χ4n) is 3.41. The number of ether oxygens (including phenoxy) is 4. The summed E-state index contributed by atoms with van der Waals surface area (Å²) in [4.78, 5) is 20.9. The molecule has 11 heteroatoms. The summed E-state index contributed by atoms with van der Waals surface area (Å²) in [5.74, 6) is 1.73. The lowest BCUT2D eigenvalue weighted by atomic mass is 10.2. The second kappa shape index (κ2) is 8.35. The minimum Gasteiger partial charge on any atom is -0.490 e. The average molecular weight is 406 g/mol. The summed E-state index contributed by atoms with van der Waals surface area (Å²) in [5.41, 5.74) is 5.56. The number of nitrogens with one attached hydrogen (secondary N) is 1. The van der Waals surface area contributed by atoms with E-state index in [1.54, 1.807) is 18.2 Å². The smallest absolute Gasteiger partial charge is 0.351 e. The van der Waals surface area contributed by atoms with E-state index < -0.39 is 18.0 Å². The maximum atomic E-state index is 12.6. The van der Waals surface area contributed by atoms with Crippen molar-refractivity contribution in [2.24, 2.45) is 5.73 Å². The Morgan fingerprint density at radius 2 is 2.28 bits per heavy atom. The molecule has 3 atom stereocenters. The summed E-state index contributed by atoms with van der Waals surface area (Å²) in [6.07, 6.45) is 0.450. The number of nitrogens with zero attached hydrogens (tertiary/aromatic N) is 2.